The molecule has 1 heterocycles. The summed E-state index contributed by atoms with van der Waals surface area (Å²) >= 11 is 0. The third-order valence-electron chi connectivity index (χ3n) is 5.73. The van der Waals surface area contributed by atoms with E-state index < -0.39 is 11.6 Å². The van der Waals surface area contributed by atoms with Gasteiger partial charge < -0.3 is 10.6 Å². The number of carbonyl (C=O) groups excluding carboxylic acids is 3. The van der Waals surface area contributed by atoms with Crippen LogP contribution < -0.4 is 10.6 Å². The van der Waals surface area contributed by atoms with Crippen LogP contribution in [0.1, 0.15) is 51.5 Å². The summed E-state index contributed by atoms with van der Waals surface area (Å²) in [4.78, 5) is 38.5. The van der Waals surface area contributed by atoms with Crippen LogP contribution >= 0.6 is 0 Å². The van der Waals surface area contributed by atoms with Gasteiger partial charge in [-0.15, -0.1) is 0 Å². The standard InChI is InChI=1S/C20H27N3O3/c1-3-14-5-7-16(8-6-14)21-17(24)13-23-18(25)20(22-19(23)26)11-9-15(4-2)10-12-20/h5-8,15H,3-4,9-13H2,1-2H3,(H,21,24)(H,22,26). The number of anilines is 1. The first-order valence-electron chi connectivity index (χ1n) is 9.50. The zero-order chi connectivity index (χ0) is 18.7. The highest BCUT2D eigenvalue weighted by Crippen LogP contribution is 2.37. The van der Waals surface area contributed by atoms with Gasteiger partial charge in [0.15, 0.2) is 0 Å². The van der Waals surface area contributed by atoms with Gasteiger partial charge in [0.05, 0.1) is 0 Å². The van der Waals surface area contributed by atoms with Crippen LogP contribution in [0, 0.1) is 5.92 Å². The molecule has 0 bridgehead atoms. The molecule has 2 fully saturated rings. The third-order valence-corrected chi connectivity index (χ3v) is 5.73. The van der Waals surface area contributed by atoms with Crippen molar-refractivity contribution in [2.45, 2.75) is 57.9 Å². The highest BCUT2D eigenvalue weighted by molar-refractivity contribution is 6.10. The Kier molecular flexibility index (Phi) is 5.30. The van der Waals surface area contributed by atoms with E-state index in [0.717, 1.165) is 30.6 Å². The fraction of sp³-hybridized carbons (Fsp3) is 0.550. The highest BCUT2D eigenvalue weighted by Gasteiger charge is 2.52. The van der Waals surface area contributed by atoms with Gasteiger partial charge in [-0.1, -0.05) is 32.4 Å². The molecule has 140 valence electrons. The van der Waals surface area contributed by atoms with Crippen molar-refractivity contribution in [3.63, 3.8) is 0 Å². The molecule has 1 aliphatic heterocycles. The summed E-state index contributed by atoms with van der Waals surface area (Å²) in [7, 11) is 0. The first-order chi connectivity index (χ1) is 12.5. The van der Waals surface area contributed by atoms with Crippen LogP contribution in [-0.2, 0) is 16.0 Å². The van der Waals surface area contributed by atoms with Gasteiger partial charge in [0.25, 0.3) is 5.91 Å². The van der Waals surface area contributed by atoms with Crippen LogP contribution in [0.4, 0.5) is 10.5 Å². The summed E-state index contributed by atoms with van der Waals surface area (Å²) in [5.41, 5.74) is 1.05. The van der Waals surface area contributed by atoms with Crippen LogP contribution in [0.3, 0.4) is 0 Å². The van der Waals surface area contributed by atoms with Gasteiger partial charge in [0.2, 0.25) is 5.91 Å². The van der Waals surface area contributed by atoms with E-state index in [-0.39, 0.29) is 18.4 Å². The Labute approximate surface area is 154 Å². The fourth-order valence-electron chi connectivity index (χ4n) is 3.91. The number of rotatable bonds is 5. The molecule has 2 aliphatic rings. The first-order valence-corrected chi connectivity index (χ1v) is 9.50. The lowest BCUT2D eigenvalue weighted by Gasteiger charge is -2.34. The maximum atomic E-state index is 12.8. The monoisotopic (exact) mass is 357 g/mol. The quantitative estimate of drug-likeness (QED) is 0.795. The van der Waals surface area contributed by atoms with Crippen molar-refractivity contribution in [1.29, 1.82) is 0 Å². The highest BCUT2D eigenvalue weighted by atomic mass is 16.2. The van der Waals surface area contributed by atoms with Gasteiger partial charge in [-0.25, -0.2) is 4.79 Å². The van der Waals surface area contributed by atoms with Crippen molar-refractivity contribution in [2.24, 2.45) is 5.92 Å². The number of aryl methyl sites for hydroxylation is 1. The lowest BCUT2D eigenvalue weighted by molar-refractivity contribution is -0.135. The summed E-state index contributed by atoms with van der Waals surface area (Å²) in [6.07, 6.45) is 5.22. The molecule has 1 aliphatic carbocycles. The van der Waals surface area contributed by atoms with Crippen LogP contribution in [-0.4, -0.2) is 34.8 Å². The largest absolute Gasteiger partial charge is 0.325 e. The van der Waals surface area contributed by atoms with Crippen LogP contribution in [0.15, 0.2) is 24.3 Å². The summed E-state index contributed by atoms with van der Waals surface area (Å²) in [5, 5.41) is 5.61. The second-order valence-corrected chi connectivity index (χ2v) is 7.35. The Bertz CT molecular complexity index is 691. The van der Waals surface area contributed by atoms with Gasteiger partial charge >= 0.3 is 6.03 Å². The van der Waals surface area contributed by atoms with E-state index in [0.29, 0.717) is 24.4 Å². The Morgan fingerprint density at radius 1 is 1.19 bits per heavy atom. The number of benzene rings is 1. The van der Waals surface area contributed by atoms with Crippen molar-refractivity contribution in [3.05, 3.63) is 29.8 Å². The van der Waals surface area contributed by atoms with E-state index in [2.05, 4.69) is 24.5 Å². The summed E-state index contributed by atoms with van der Waals surface area (Å²) in [6, 6.07) is 7.10. The van der Waals surface area contributed by atoms with Crippen molar-refractivity contribution >= 4 is 23.5 Å². The minimum absolute atomic E-state index is 0.251. The number of nitrogens with one attached hydrogen (secondary N) is 2. The maximum Gasteiger partial charge on any atom is 0.325 e. The van der Waals surface area contributed by atoms with Gasteiger partial charge in [-0.3, -0.25) is 14.5 Å². The molecular formula is C20H27N3O3. The lowest BCUT2D eigenvalue weighted by atomic mass is 9.75. The average molecular weight is 357 g/mol. The summed E-state index contributed by atoms with van der Waals surface area (Å²) in [5.74, 6) is -0.000607. The van der Waals surface area contributed by atoms with Crippen LogP contribution in [0.5, 0.6) is 0 Å². The van der Waals surface area contributed by atoms with E-state index >= 15 is 0 Å². The van der Waals surface area contributed by atoms with Crippen molar-refractivity contribution in [3.8, 4) is 0 Å². The van der Waals surface area contributed by atoms with E-state index in [1.54, 1.807) is 0 Å². The van der Waals surface area contributed by atoms with Crippen LogP contribution in [0.25, 0.3) is 0 Å². The molecule has 1 aromatic rings. The smallest absolute Gasteiger partial charge is 0.325 e. The summed E-state index contributed by atoms with van der Waals surface area (Å²) in [6.45, 7) is 3.97. The number of hydrogen-bond acceptors (Lipinski definition) is 3. The minimum atomic E-state index is -0.800. The van der Waals surface area contributed by atoms with E-state index in [1.807, 2.05) is 24.3 Å². The molecule has 6 nitrogen and oxygen atoms in total. The number of hydrogen-bond donors (Lipinski definition) is 2. The average Bonchev–Trinajstić information content (AvgIpc) is 2.87. The first kappa shape index (κ1) is 18.4. The van der Waals surface area contributed by atoms with Crippen molar-refractivity contribution in [2.75, 3.05) is 11.9 Å². The molecule has 1 aromatic carbocycles. The van der Waals surface area contributed by atoms with E-state index in [9.17, 15) is 14.4 Å². The molecule has 1 spiro atoms. The second-order valence-electron chi connectivity index (χ2n) is 7.35. The molecule has 4 amide bonds. The SMILES string of the molecule is CCc1ccc(NC(=O)CN2C(=O)NC3(CCC(CC)CC3)C2=O)cc1. The second kappa shape index (κ2) is 7.48. The predicted molar refractivity (Wildman–Crippen MR) is 99.7 cm³/mol. The third kappa shape index (κ3) is 3.59. The lowest BCUT2D eigenvalue weighted by Crippen LogP contribution is -2.49. The van der Waals surface area contributed by atoms with Crippen LogP contribution in [0.2, 0.25) is 0 Å². The molecule has 26 heavy (non-hydrogen) atoms. The Hall–Kier alpha value is -2.37. The normalized spacial score (nSPS) is 25.5. The fourth-order valence-corrected chi connectivity index (χ4v) is 3.91. The molecule has 6 heteroatoms. The number of carbonyl (C=O) groups is 3. The maximum absolute atomic E-state index is 12.8. The number of nitrogens with zero attached hydrogens (tertiary/aromatic N) is 1. The Morgan fingerprint density at radius 3 is 2.42 bits per heavy atom. The Morgan fingerprint density at radius 2 is 1.85 bits per heavy atom. The van der Waals surface area contributed by atoms with Crippen molar-refractivity contribution in [1.82, 2.24) is 10.2 Å². The molecule has 2 N–H and O–H groups in total. The Balaban J connectivity index is 1.61. The van der Waals surface area contributed by atoms with E-state index in [1.165, 1.54) is 5.56 Å². The number of imide groups is 1. The zero-order valence-electron chi connectivity index (χ0n) is 15.5. The molecule has 1 saturated carbocycles. The predicted octanol–water partition coefficient (Wildman–Crippen LogP) is 3.08. The minimum Gasteiger partial charge on any atom is -0.325 e. The topological polar surface area (TPSA) is 78.5 Å². The molecule has 0 unspecified atom stereocenters. The molecule has 0 atom stereocenters. The molecule has 3 rings (SSSR count). The summed E-state index contributed by atoms with van der Waals surface area (Å²) < 4.78 is 0. The van der Waals surface area contributed by atoms with Gasteiger partial charge in [-0.05, 0) is 55.7 Å². The molecule has 0 radical (unpaired) electrons. The molecule has 0 aromatic heterocycles. The number of amides is 4. The van der Waals surface area contributed by atoms with Gasteiger partial charge in [-0.2, -0.15) is 0 Å². The van der Waals surface area contributed by atoms with Gasteiger partial charge in [0, 0.05) is 5.69 Å². The van der Waals surface area contributed by atoms with E-state index in [4.69, 9.17) is 0 Å². The molecular weight excluding hydrogens is 330 g/mol. The van der Waals surface area contributed by atoms with Gasteiger partial charge in [0.1, 0.15) is 12.1 Å². The molecule has 1 saturated heterocycles. The van der Waals surface area contributed by atoms with Crippen molar-refractivity contribution < 1.29 is 14.4 Å². The number of urea groups is 1. The zero-order valence-corrected chi connectivity index (χ0v) is 15.5.